The minimum Gasteiger partial charge on any atom is -0.489 e. The van der Waals surface area contributed by atoms with E-state index in [2.05, 4.69) is 5.32 Å². The van der Waals surface area contributed by atoms with Gasteiger partial charge in [-0.1, -0.05) is 42.5 Å². The number of nitrogens with one attached hydrogen (secondary N) is 1. The standard InChI is InChI=1S/C21H24N2O4/c22-20(24)19(23-21(25)17-10-11-26-14-17)12-15-6-8-18(9-7-15)27-13-16-4-2-1-3-5-16/h1-9,17,19H,10-14H2,(H2,22,24)(H,23,25)/t17-,19+/m0/s1. The second-order valence-electron chi connectivity index (χ2n) is 6.65. The number of amides is 2. The fraction of sp³-hybridized carbons (Fsp3) is 0.333. The maximum Gasteiger partial charge on any atom is 0.240 e. The number of ether oxygens (including phenoxy) is 2. The molecule has 27 heavy (non-hydrogen) atoms. The highest BCUT2D eigenvalue weighted by molar-refractivity contribution is 5.87. The molecule has 142 valence electrons. The SMILES string of the molecule is NC(=O)[C@@H](Cc1ccc(OCc2ccccc2)cc1)NC(=O)[C@H]1CCOC1. The van der Waals surface area contributed by atoms with Crippen LogP contribution in [0.3, 0.4) is 0 Å². The zero-order chi connectivity index (χ0) is 19.1. The second-order valence-corrected chi connectivity index (χ2v) is 6.65. The Balaban J connectivity index is 1.54. The largest absolute Gasteiger partial charge is 0.489 e. The molecule has 0 unspecified atom stereocenters. The molecule has 0 spiro atoms. The summed E-state index contributed by atoms with van der Waals surface area (Å²) in [5, 5.41) is 2.74. The molecule has 0 aromatic heterocycles. The second kappa shape index (κ2) is 9.19. The Morgan fingerprint density at radius 2 is 1.85 bits per heavy atom. The molecule has 6 nitrogen and oxygen atoms in total. The lowest BCUT2D eigenvalue weighted by atomic mass is 10.0. The van der Waals surface area contributed by atoms with Crippen molar-refractivity contribution in [3.05, 3.63) is 65.7 Å². The monoisotopic (exact) mass is 368 g/mol. The van der Waals surface area contributed by atoms with Gasteiger partial charge in [-0.25, -0.2) is 0 Å². The number of carbonyl (C=O) groups is 2. The van der Waals surface area contributed by atoms with Crippen molar-refractivity contribution in [3.63, 3.8) is 0 Å². The lowest BCUT2D eigenvalue weighted by Gasteiger charge is -2.18. The Bertz CT molecular complexity index is 756. The van der Waals surface area contributed by atoms with E-state index in [4.69, 9.17) is 15.2 Å². The van der Waals surface area contributed by atoms with Gasteiger partial charge in [0.2, 0.25) is 11.8 Å². The quantitative estimate of drug-likeness (QED) is 0.744. The molecule has 0 aliphatic carbocycles. The summed E-state index contributed by atoms with van der Waals surface area (Å²) in [6.45, 7) is 1.46. The molecule has 3 N–H and O–H groups in total. The van der Waals surface area contributed by atoms with E-state index < -0.39 is 11.9 Å². The molecule has 2 atom stereocenters. The number of carbonyl (C=O) groups excluding carboxylic acids is 2. The normalized spacial score (nSPS) is 17.3. The van der Waals surface area contributed by atoms with Crippen LogP contribution >= 0.6 is 0 Å². The highest BCUT2D eigenvalue weighted by Gasteiger charge is 2.27. The Morgan fingerprint density at radius 3 is 2.48 bits per heavy atom. The van der Waals surface area contributed by atoms with Gasteiger partial charge in [0.05, 0.1) is 12.5 Å². The average molecular weight is 368 g/mol. The summed E-state index contributed by atoms with van der Waals surface area (Å²) in [6.07, 6.45) is 1.01. The van der Waals surface area contributed by atoms with Gasteiger partial charge in [-0.3, -0.25) is 9.59 Å². The number of hydrogen-bond donors (Lipinski definition) is 2. The summed E-state index contributed by atoms with van der Waals surface area (Å²) < 4.78 is 11.0. The fourth-order valence-electron chi connectivity index (χ4n) is 2.95. The van der Waals surface area contributed by atoms with Gasteiger partial charge in [0, 0.05) is 13.0 Å². The first-order chi connectivity index (χ1) is 13.1. The van der Waals surface area contributed by atoms with Gasteiger partial charge in [0.25, 0.3) is 0 Å². The van der Waals surface area contributed by atoms with Gasteiger partial charge in [-0.05, 0) is 29.7 Å². The van der Waals surface area contributed by atoms with E-state index in [0.29, 0.717) is 32.7 Å². The molecule has 0 saturated carbocycles. The molecule has 6 heteroatoms. The van der Waals surface area contributed by atoms with Gasteiger partial charge >= 0.3 is 0 Å². The van der Waals surface area contributed by atoms with Crippen LogP contribution in [0.5, 0.6) is 5.75 Å². The summed E-state index contributed by atoms with van der Waals surface area (Å²) in [5.74, 6) is -0.197. The predicted octanol–water partition coefficient (Wildman–Crippen LogP) is 1.81. The third kappa shape index (κ3) is 5.56. The van der Waals surface area contributed by atoms with Crippen LogP contribution in [0.2, 0.25) is 0 Å². The van der Waals surface area contributed by atoms with Crippen LogP contribution in [0.4, 0.5) is 0 Å². The van der Waals surface area contributed by atoms with Crippen molar-refractivity contribution in [2.75, 3.05) is 13.2 Å². The molecule has 2 amide bonds. The van der Waals surface area contributed by atoms with Crippen LogP contribution < -0.4 is 15.8 Å². The first-order valence-electron chi connectivity index (χ1n) is 9.05. The molecule has 0 radical (unpaired) electrons. The number of nitrogens with two attached hydrogens (primary N) is 1. The first-order valence-corrected chi connectivity index (χ1v) is 9.05. The van der Waals surface area contributed by atoms with Crippen LogP contribution in [-0.4, -0.2) is 31.1 Å². The summed E-state index contributed by atoms with van der Waals surface area (Å²) >= 11 is 0. The zero-order valence-electron chi connectivity index (χ0n) is 15.1. The van der Waals surface area contributed by atoms with Crippen molar-refractivity contribution in [3.8, 4) is 5.75 Å². The van der Waals surface area contributed by atoms with E-state index in [0.717, 1.165) is 16.9 Å². The molecule has 1 aliphatic rings. The molecule has 3 rings (SSSR count). The summed E-state index contributed by atoms with van der Waals surface area (Å²) in [7, 11) is 0. The maximum atomic E-state index is 12.2. The minimum absolute atomic E-state index is 0.181. The van der Waals surface area contributed by atoms with E-state index in [-0.39, 0.29) is 11.8 Å². The first kappa shape index (κ1) is 18.9. The minimum atomic E-state index is -0.741. The molecule has 1 saturated heterocycles. The molecule has 1 aliphatic heterocycles. The van der Waals surface area contributed by atoms with Crippen molar-refractivity contribution in [2.45, 2.75) is 25.5 Å². The lowest BCUT2D eigenvalue weighted by molar-refractivity contribution is -0.129. The topological polar surface area (TPSA) is 90.7 Å². The summed E-state index contributed by atoms with van der Waals surface area (Å²) in [4.78, 5) is 23.9. The molecule has 2 aromatic carbocycles. The van der Waals surface area contributed by atoms with Gasteiger partial charge in [-0.2, -0.15) is 0 Å². The van der Waals surface area contributed by atoms with Crippen molar-refractivity contribution in [1.29, 1.82) is 0 Å². The molecule has 1 heterocycles. The number of primary amides is 1. The maximum absolute atomic E-state index is 12.2. The van der Waals surface area contributed by atoms with Gasteiger partial charge < -0.3 is 20.5 Å². The molecule has 0 bridgehead atoms. The molecular formula is C21H24N2O4. The van der Waals surface area contributed by atoms with Gasteiger partial charge in [0.1, 0.15) is 18.4 Å². The number of benzene rings is 2. The number of hydrogen-bond acceptors (Lipinski definition) is 4. The number of rotatable bonds is 8. The van der Waals surface area contributed by atoms with Crippen LogP contribution in [0.15, 0.2) is 54.6 Å². The Hall–Kier alpha value is -2.86. The van der Waals surface area contributed by atoms with E-state index in [9.17, 15) is 9.59 Å². The Morgan fingerprint density at radius 1 is 1.11 bits per heavy atom. The van der Waals surface area contributed by atoms with Gasteiger partial charge in [0.15, 0.2) is 0 Å². The van der Waals surface area contributed by atoms with Crippen molar-refractivity contribution in [2.24, 2.45) is 11.7 Å². The lowest BCUT2D eigenvalue weighted by Crippen LogP contribution is -2.48. The zero-order valence-corrected chi connectivity index (χ0v) is 15.1. The molecule has 1 fully saturated rings. The van der Waals surface area contributed by atoms with Crippen molar-refractivity contribution >= 4 is 11.8 Å². The Labute approximate surface area is 158 Å². The average Bonchev–Trinajstić information content (AvgIpc) is 3.22. The van der Waals surface area contributed by atoms with E-state index in [1.807, 2.05) is 54.6 Å². The highest BCUT2D eigenvalue weighted by atomic mass is 16.5. The van der Waals surface area contributed by atoms with Crippen molar-refractivity contribution in [1.82, 2.24) is 5.32 Å². The fourth-order valence-corrected chi connectivity index (χ4v) is 2.95. The van der Waals surface area contributed by atoms with Crippen LogP contribution in [0, 0.1) is 5.92 Å². The predicted molar refractivity (Wildman–Crippen MR) is 101 cm³/mol. The Kier molecular flexibility index (Phi) is 6.44. The van der Waals surface area contributed by atoms with E-state index >= 15 is 0 Å². The third-order valence-corrected chi connectivity index (χ3v) is 4.57. The highest BCUT2D eigenvalue weighted by Crippen LogP contribution is 2.16. The summed E-state index contributed by atoms with van der Waals surface area (Å²) in [6, 6.07) is 16.6. The van der Waals surface area contributed by atoms with Crippen molar-refractivity contribution < 1.29 is 19.1 Å². The van der Waals surface area contributed by atoms with E-state index in [1.165, 1.54) is 0 Å². The van der Waals surface area contributed by atoms with Gasteiger partial charge in [-0.15, -0.1) is 0 Å². The van der Waals surface area contributed by atoms with Crippen LogP contribution in [0.1, 0.15) is 17.5 Å². The van der Waals surface area contributed by atoms with Crippen LogP contribution in [-0.2, 0) is 27.4 Å². The van der Waals surface area contributed by atoms with Crippen LogP contribution in [0.25, 0.3) is 0 Å². The molecular weight excluding hydrogens is 344 g/mol. The summed E-state index contributed by atoms with van der Waals surface area (Å²) in [5.41, 5.74) is 7.45. The van der Waals surface area contributed by atoms with E-state index in [1.54, 1.807) is 0 Å². The third-order valence-electron chi connectivity index (χ3n) is 4.57. The smallest absolute Gasteiger partial charge is 0.240 e. The molecule has 2 aromatic rings.